The van der Waals surface area contributed by atoms with E-state index in [0.717, 1.165) is 0 Å². The molecule has 10 heavy (non-hydrogen) atoms. The zero-order valence-corrected chi connectivity index (χ0v) is 6.41. The normalized spacial score (nSPS) is 13.6. The van der Waals surface area contributed by atoms with Crippen LogP contribution in [-0.4, -0.2) is 26.7 Å². The summed E-state index contributed by atoms with van der Waals surface area (Å²) in [5.41, 5.74) is -4.04. The van der Waals surface area contributed by atoms with Crippen molar-refractivity contribution in [2.75, 3.05) is 12.9 Å². The van der Waals surface area contributed by atoms with Gasteiger partial charge in [0.15, 0.2) is 0 Å². The Morgan fingerprint density at radius 2 is 1.90 bits per heavy atom. The van der Waals surface area contributed by atoms with E-state index < -0.39 is 15.3 Å². The van der Waals surface area contributed by atoms with E-state index in [-0.39, 0.29) is 6.61 Å². The van der Waals surface area contributed by atoms with E-state index in [1.165, 1.54) is 6.92 Å². The Hall–Kier alpha value is -0.230. The second-order valence-corrected chi connectivity index (χ2v) is 3.69. The molecule has 0 spiro atoms. The topological polar surface area (TPSA) is 43.4 Å². The third-order valence-corrected chi connectivity index (χ3v) is 1.73. The molecular weight excluding hydrogens is 166 g/mol. The Bertz CT molecular complexity index is 197. The third-order valence-electron chi connectivity index (χ3n) is 0.744. The van der Waals surface area contributed by atoms with Crippen molar-refractivity contribution in [2.24, 2.45) is 0 Å². The molecule has 0 saturated carbocycles. The molecule has 0 unspecified atom stereocenters. The minimum Gasteiger partial charge on any atom is -0.308 e. The lowest BCUT2D eigenvalue weighted by Gasteiger charge is -2.11. The predicted molar refractivity (Wildman–Crippen MR) is 31.4 cm³/mol. The Kier molecular flexibility index (Phi) is 2.73. The molecule has 0 saturated heterocycles. The molecule has 0 aliphatic carbocycles. The molecule has 0 aromatic carbocycles. The van der Waals surface area contributed by atoms with Crippen molar-refractivity contribution in [1.82, 2.24) is 0 Å². The molecule has 0 aliphatic rings. The first-order chi connectivity index (χ1) is 4.31. The molecule has 6 heteroatoms. The smallest absolute Gasteiger partial charge is 0.308 e. The van der Waals surface area contributed by atoms with E-state index in [1.54, 1.807) is 0 Å². The molecule has 0 bridgehead atoms. The minimum atomic E-state index is -4.42. The van der Waals surface area contributed by atoms with Gasteiger partial charge in [-0.1, -0.05) is 0 Å². The molecule has 0 fully saturated rings. The number of alkyl halides is 2. The monoisotopic (exact) mass is 174 g/mol. The lowest BCUT2D eigenvalue weighted by molar-refractivity contribution is -0.165. The van der Waals surface area contributed by atoms with Crippen molar-refractivity contribution in [3.8, 4) is 0 Å². The third kappa shape index (κ3) is 2.18. The Labute approximate surface area is 57.9 Å². The number of rotatable bonds is 3. The van der Waals surface area contributed by atoms with Gasteiger partial charge in [-0.25, -0.2) is 8.42 Å². The zero-order chi connectivity index (χ0) is 8.41. The molecular formula is C4H8F2O3S. The van der Waals surface area contributed by atoms with Gasteiger partial charge in [-0.05, 0) is 6.92 Å². The highest BCUT2D eigenvalue weighted by Gasteiger charge is 2.42. The zero-order valence-electron chi connectivity index (χ0n) is 5.60. The summed E-state index contributed by atoms with van der Waals surface area (Å²) < 4.78 is 48.2. The van der Waals surface area contributed by atoms with Gasteiger partial charge in [-0.3, -0.25) is 0 Å². The summed E-state index contributed by atoms with van der Waals surface area (Å²) in [6, 6.07) is 0. The van der Waals surface area contributed by atoms with Gasteiger partial charge in [-0.2, -0.15) is 8.78 Å². The van der Waals surface area contributed by atoms with Crippen LogP contribution in [0, 0.1) is 0 Å². The van der Waals surface area contributed by atoms with Gasteiger partial charge in [0.2, 0.25) is 9.84 Å². The average molecular weight is 174 g/mol. The predicted octanol–water partition coefficient (Wildman–Crippen LogP) is 0.618. The maximum atomic E-state index is 12.1. The average Bonchev–Trinajstić information content (AvgIpc) is 1.61. The van der Waals surface area contributed by atoms with Crippen LogP contribution in [0.1, 0.15) is 6.92 Å². The first kappa shape index (κ1) is 9.77. The van der Waals surface area contributed by atoms with Gasteiger partial charge in [-0.15, -0.1) is 0 Å². The summed E-state index contributed by atoms with van der Waals surface area (Å²) >= 11 is 0. The first-order valence-corrected chi connectivity index (χ1v) is 4.41. The maximum Gasteiger partial charge on any atom is 0.461 e. The van der Waals surface area contributed by atoms with E-state index in [0.29, 0.717) is 6.26 Å². The molecule has 0 amide bonds. The van der Waals surface area contributed by atoms with Crippen LogP contribution in [0.25, 0.3) is 0 Å². The standard InChI is InChI=1S/C4H8F2O3S/c1-3-9-4(5,6)10(2,7)8/h3H2,1-2H3. The lowest BCUT2D eigenvalue weighted by atomic mass is 10.9. The number of ether oxygens (including phenoxy) is 1. The van der Waals surface area contributed by atoms with Gasteiger partial charge in [0.05, 0.1) is 6.61 Å². The minimum absolute atomic E-state index is 0.333. The summed E-state index contributed by atoms with van der Waals surface area (Å²) in [5.74, 6) is 0. The molecule has 62 valence electrons. The highest BCUT2D eigenvalue weighted by molar-refractivity contribution is 7.91. The van der Waals surface area contributed by atoms with Crippen LogP contribution in [0.5, 0.6) is 0 Å². The van der Waals surface area contributed by atoms with Crippen molar-refractivity contribution in [2.45, 2.75) is 12.4 Å². The summed E-state index contributed by atoms with van der Waals surface area (Å²) in [4.78, 5) is 0. The summed E-state index contributed by atoms with van der Waals surface area (Å²) in [6.45, 7) is 0.958. The van der Waals surface area contributed by atoms with Crippen LogP contribution < -0.4 is 0 Å². The van der Waals surface area contributed by atoms with E-state index in [1.807, 2.05) is 0 Å². The van der Waals surface area contributed by atoms with Crippen LogP contribution in [0.15, 0.2) is 0 Å². The van der Waals surface area contributed by atoms with Crippen molar-refractivity contribution in [3.63, 3.8) is 0 Å². The van der Waals surface area contributed by atoms with Crippen LogP contribution >= 0.6 is 0 Å². The number of hydrogen-bond acceptors (Lipinski definition) is 3. The SMILES string of the molecule is CCOC(F)(F)S(C)(=O)=O. The van der Waals surface area contributed by atoms with Crippen LogP contribution in [-0.2, 0) is 14.6 Å². The largest absolute Gasteiger partial charge is 0.461 e. The fraction of sp³-hybridized carbons (Fsp3) is 1.00. The fourth-order valence-corrected chi connectivity index (χ4v) is 0.607. The second kappa shape index (κ2) is 2.79. The summed E-state index contributed by atoms with van der Waals surface area (Å²) in [7, 11) is -4.42. The van der Waals surface area contributed by atoms with Crippen LogP contribution in [0.3, 0.4) is 0 Å². The van der Waals surface area contributed by atoms with E-state index in [2.05, 4.69) is 4.74 Å². The van der Waals surface area contributed by atoms with Gasteiger partial charge in [0, 0.05) is 6.26 Å². The van der Waals surface area contributed by atoms with Gasteiger partial charge in [0.1, 0.15) is 0 Å². The molecule has 0 radical (unpaired) electrons. The van der Waals surface area contributed by atoms with Gasteiger partial charge < -0.3 is 4.74 Å². The fourth-order valence-electron chi connectivity index (χ4n) is 0.275. The van der Waals surface area contributed by atoms with E-state index in [4.69, 9.17) is 0 Å². The Balaban J connectivity index is 4.42. The number of sulfone groups is 1. The first-order valence-electron chi connectivity index (χ1n) is 2.52. The Morgan fingerprint density at radius 1 is 1.50 bits per heavy atom. The second-order valence-electron chi connectivity index (χ2n) is 1.67. The van der Waals surface area contributed by atoms with Crippen molar-refractivity contribution >= 4 is 9.84 Å². The molecule has 0 aliphatic heterocycles. The molecule has 0 aromatic heterocycles. The molecule has 0 N–H and O–H groups in total. The molecule has 0 aromatic rings. The van der Waals surface area contributed by atoms with Crippen LogP contribution in [0.2, 0.25) is 0 Å². The van der Waals surface area contributed by atoms with Crippen LogP contribution in [0.4, 0.5) is 8.78 Å². The summed E-state index contributed by atoms with van der Waals surface area (Å²) in [6.07, 6.45) is 0.419. The number of hydrogen-bond donors (Lipinski definition) is 0. The maximum absolute atomic E-state index is 12.1. The summed E-state index contributed by atoms with van der Waals surface area (Å²) in [5, 5.41) is 0. The van der Waals surface area contributed by atoms with Gasteiger partial charge in [0.25, 0.3) is 0 Å². The number of halogens is 2. The molecule has 3 nitrogen and oxygen atoms in total. The highest BCUT2D eigenvalue weighted by Crippen LogP contribution is 2.21. The molecule has 0 heterocycles. The molecule has 0 atom stereocenters. The quantitative estimate of drug-likeness (QED) is 0.629. The van der Waals surface area contributed by atoms with Crippen molar-refractivity contribution in [3.05, 3.63) is 0 Å². The molecule has 0 rings (SSSR count). The lowest BCUT2D eigenvalue weighted by Crippen LogP contribution is -2.30. The van der Waals surface area contributed by atoms with Crippen molar-refractivity contribution < 1.29 is 21.9 Å². The van der Waals surface area contributed by atoms with E-state index >= 15 is 0 Å². The van der Waals surface area contributed by atoms with Gasteiger partial charge >= 0.3 is 5.44 Å². The van der Waals surface area contributed by atoms with E-state index in [9.17, 15) is 17.2 Å². The van der Waals surface area contributed by atoms with Crippen molar-refractivity contribution in [1.29, 1.82) is 0 Å². The Morgan fingerprint density at radius 3 is 2.00 bits per heavy atom. The highest BCUT2D eigenvalue weighted by atomic mass is 32.2.